The van der Waals surface area contributed by atoms with Crippen LogP contribution in [0.2, 0.25) is 0 Å². The molecule has 2 aromatic heterocycles. The Bertz CT molecular complexity index is 4060. The molecular formula is C69H86N14O22. The minimum absolute atomic E-state index is 0.0252. The highest BCUT2D eigenvalue weighted by Gasteiger charge is 2.46. The summed E-state index contributed by atoms with van der Waals surface area (Å²) in [5, 5.41) is 111. The fourth-order valence-corrected chi connectivity index (χ4v) is 11.5. The third kappa shape index (κ3) is 22.9. The third-order valence-electron chi connectivity index (χ3n) is 17.1. The van der Waals surface area contributed by atoms with Crippen molar-refractivity contribution in [2.75, 3.05) is 39.5 Å². The first-order valence-electron chi connectivity index (χ1n) is 33.2. The fraction of sp³-hybridized carbons (Fsp3) is 0.406. The molecule has 4 aromatic carbocycles. The second-order valence-electron chi connectivity index (χ2n) is 24.8. The molecule has 0 saturated carbocycles. The molecule has 0 aliphatic carbocycles. The van der Waals surface area contributed by atoms with Crippen LogP contribution in [0.25, 0.3) is 21.8 Å². The Hall–Kier alpha value is -11.3. The molecule has 1 aliphatic rings. The molecule has 0 unspecified atom stereocenters. The van der Waals surface area contributed by atoms with E-state index in [9.17, 15) is 93.3 Å². The highest BCUT2D eigenvalue weighted by atomic mass is 16.5. The quantitative estimate of drug-likeness (QED) is 0.0171. The highest BCUT2D eigenvalue weighted by molar-refractivity contribution is 6.00. The average Bonchev–Trinajstić information content (AvgIpc) is 1.59. The molecule has 1 aliphatic heterocycles. The number of primary amides is 1. The van der Waals surface area contributed by atoms with Crippen LogP contribution in [0.3, 0.4) is 0 Å². The first-order valence-corrected chi connectivity index (χ1v) is 33.2. The number of nitrogens with one attached hydrogen (secondary N) is 13. The first kappa shape index (κ1) is 81.1. The zero-order valence-corrected chi connectivity index (χ0v) is 56.9. The number of H-pyrrole nitrogens is 2. The normalized spacial score (nSPS) is 18.1. The van der Waals surface area contributed by atoms with Crippen molar-refractivity contribution in [2.45, 2.75) is 137 Å². The first-order chi connectivity index (χ1) is 50.1. The molecule has 0 bridgehead atoms. The Labute approximate surface area is 598 Å². The molecule has 23 N–H and O–H groups in total. The van der Waals surface area contributed by atoms with Gasteiger partial charge in [0, 0.05) is 67.0 Å². The van der Waals surface area contributed by atoms with Crippen molar-refractivity contribution < 1.29 is 108 Å². The number of aromatic amines is 2. The van der Waals surface area contributed by atoms with E-state index in [0.717, 1.165) is 6.92 Å². The number of aromatic nitrogens is 2. The van der Waals surface area contributed by atoms with Gasteiger partial charge in [0.05, 0.1) is 45.2 Å². The number of aliphatic hydroxyl groups excluding tert-OH is 7. The van der Waals surface area contributed by atoms with Gasteiger partial charge in [-0.15, -0.1) is 0 Å². The van der Waals surface area contributed by atoms with E-state index in [1.165, 1.54) is 6.92 Å². The van der Waals surface area contributed by atoms with Crippen molar-refractivity contribution in [3.05, 3.63) is 143 Å². The van der Waals surface area contributed by atoms with Gasteiger partial charge >= 0.3 is 5.97 Å². The maximum absolute atomic E-state index is 15.1. The molecule has 12 amide bonds. The van der Waals surface area contributed by atoms with Crippen LogP contribution in [-0.2, 0) is 92.7 Å². The lowest BCUT2D eigenvalue weighted by atomic mass is 9.90. The number of benzene rings is 4. The number of carboxylic acid groups (broad SMARTS) is 1. The minimum atomic E-state index is -1.97. The van der Waals surface area contributed by atoms with E-state index in [-0.39, 0.29) is 30.5 Å². The molecule has 7 rings (SSSR count). The monoisotopic (exact) mass is 1460 g/mol. The summed E-state index contributed by atoms with van der Waals surface area (Å²) in [5.41, 5.74) is 7.93. The molecule has 1 saturated heterocycles. The van der Waals surface area contributed by atoms with Crippen LogP contribution in [-0.4, -0.2) is 246 Å². The summed E-state index contributed by atoms with van der Waals surface area (Å²) >= 11 is 0. The van der Waals surface area contributed by atoms with Crippen LogP contribution in [0.1, 0.15) is 60.7 Å². The van der Waals surface area contributed by atoms with Crippen molar-refractivity contribution in [1.29, 1.82) is 0 Å². The van der Waals surface area contributed by atoms with Crippen LogP contribution in [0, 0.1) is 0 Å². The fourth-order valence-electron chi connectivity index (χ4n) is 11.5. The highest BCUT2D eigenvalue weighted by Crippen LogP contribution is 2.37. The van der Waals surface area contributed by atoms with E-state index in [2.05, 4.69) is 68.5 Å². The second-order valence-corrected chi connectivity index (χ2v) is 24.8. The Kier molecular flexibility index (Phi) is 30.0. The molecule has 36 heteroatoms. The van der Waals surface area contributed by atoms with Gasteiger partial charge in [-0.05, 0) is 47.7 Å². The zero-order valence-electron chi connectivity index (χ0n) is 56.9. The van der Waals surface area contributed by atoms with Crippen molar-refractivity contribution in [1.82, 2.24) is 68.5 Å². The van der Waals surface area contributed by atoms with E-state index in [4.69, 9.17) is 15.6 Å². The maximum atomic E-state index is 15.1. The Morgan fingerprint density at radius 3 is 1.48 bits per heavy atom. The number of hydrogen-bond acceptors (Lipinski definition) is 21. The summed E-state index contributed by atoms with van der Waals surface area (Å²) in [7, 11) is 0. The Morgan fingerprint density at radius 1 is 0.476 bits per heavy atom. The topological polar surface area (TPSA) is 583 Å². The van der Waals surface area contributed by atoms with E-state index in [1.807, 2.05) is 0 Å². The number of rotatable bonds is 38. The van der Waals surface area contributed by atoms with Gasteiger partial charge in [0.1, 0.15) is 84.9 Å². The van der Waals surface area contributed by atoms with Gasteiger partial charge in [0.15, 0.2) is 0 Å². The minimum Gasteiger partial charge on any atom is -0.481 e. The Balaban J connectivity index is 1.12. The largest absolute Gasteiger partial charge is 0.481 e. The number of aliphatic carboxylic acids is 1. The molecule has 6 aromatic rings. The Morgan fingerprint density at radius 2 is 0.933 bits per heavy atom. The molecular weight excluding hydrogens is 1380 g/mol. The number of ether oxygens (including phenoxy) is 1. The van der Waals surface area contributed by atoms with Crippen LogP contribution in [0.4, 0.5) is 0 Å². The van der Waals surface area contributed by atoms with E-state index in [1.54, 1.807) is 115 Å². The van der Waals surface area contributed by atoms with Crippen molar-refractivity contribution in [2.24, 2.45) is 5.73 Å². The number of para-hydroxylation sites is 2. The van der Waals surface area contributed by atoms with Crippen LogP contribution >= 0.6 is 0 Å². The van der Waals surface area contributed by atoms with E-state index >= 15 is 4.79 Å². The summed E-state index contributed by atoms with van der Waals surface area (Å²) < 4.78 is 5.95. The zero-order chi connectivity index (χ0) is 76.6. The van der Waals surface area contributed by atoms with Gasteiger partial charge in [-0.2, -0.15) is 0 Å². The lowest BCUT2D eigenvalue weighted by Crippen LogP contribution is -2.61. The van der Waals surface area contributed by atoms with Crippen LogP contribution < -0.4 is 64.2 Å². The van der Waals surface area contributed by atoms with Crippen molar-refractivity contribution in [3.63, 3.8) is 0 Å². The van der Waals surface area contributed by atoms with Gasteiger partial charge in [-0.3, -0.25) is 62.3 Å². The number of amides is 12. The number of fused-ring (bicyclic) bond motifs is 2. The average molecular weight is 1460 g/mol. The number of carboxylic acids is 1. The molecule has 14 atom stereocenters. The lowest BCUT2D eigenvalue weighted by Gasteiger charge is -2.40. The molecule has 0 spiro atoms. The number of carbonyl (C=O) groups excluding carboxylic acids is 12. The molecule has 1 fully saturated rings. The van der Waals surface area contributed by atoms with Gasteiger partial charge < -0.3 is 120 Å². The lowest BCUT2D eigenvalue weighted by molar-refractivity contribution is -0.232. The molecule has 3 heterocycles. The number of hydrogen-bond donors (Lipinski definition) is 22. The van der Waals surface area contributed by atoms with Crippen LogP contribution in [0.15, 0.2) is 115 Å². The van der Waals surface area contributed by atoms with E-state index < -0.39 is 221 Å². The van der Waals surface area contributed by atoms with Crippen LogP contribution in [0.5, 0.6) is 0 Å². The molecule has 36 nitrogen and oxygen atoms in total. The summed E-state index contributed by atoms with van der Waals surface area (Å²) in [6, 6.07) is 15.0. The standard InChI is InChI=1S/C69H86N14O22/c1-34(62(97)79-47(25-38-27-71-42-19-11-9-17-39(38)42)65(100)83-51(32-86)69(104)78-44(61(70)96)21-22-55(91)92)74-67(102)50(31-85)82-66(101)48(26-41-40-18-10-12-20-43(40)77-56(41)60-59(95)58(94)57(93)52(33-87)105-60)81-64(99)46(24-37-15-7-4-8-16-37)76-54(90)29-72-53(89)28-73-63(98)45(23-36-13-5-3-6-14-36)80-68(103)49(30-84)75-35(2)88/h3-20,27,34,44-52,57-60,71,77,84-87,93-95H,21-26,28-33H2,1-2H3,(H2,70,96)(H,72,89)(H,73,98)(H,74,102)(H,75,88)(H,76,90)(H,78,104)(H,79,97)(H,80,103)(H,81,99)(H,82,101)(H,83,100)(H,91,92)/t34-,44-,45-,46-,47-,48-,49-,50-,51-,52+,57+,58-,59-,60+/m0/s1. The van der Waals surface area contributed by atoms with E-state index in [0.29, 0.717) is 38.5 Å². The summed E-state index contributed by atoms with van der Waals surface area (Å²) in [4.78, 5) is 181. The summed E-state index contributed by atoms with van der Waals surface area (Å²) in [5.74, 6) is -13.6. The molecule has 105 heavy (non-hydrogen) atoms. The number of nitrogens with two attached hydrogens (primary N) is 1. The molecule has 564 valence electrons. The van der Waals surface area contributed by atoms with Gasteiger partial charge in [0.2, 0.25) is 70.9 Å². The van der Waals surface area contributed by atoms with Gasteiger partial charge in [0.25, 0.3) is 0 Å². The van der Waals surface area contributed by atoms with Gasteiger partial charge in [-0.25, -0.2) is 0 Å². The molecule has 0 radical (unpaired) electrons. The summed E-state index contributed by atoms with van der Waals surface area (Å²) in [6.07, 6.45) is -9.38. The van der Waals surface area contributed by atoms with Crippen molar-refractivity contribution in [3.8, 4) is 0 Å². The van der Waals surface area contributed by atoms with Gasteiger partial charge in [-0.1, -0.05) is 97.1 Å². The van der Waals surface area contributed by atoms with Crippen molar-refractivity contribution >= 4 is 98.7 Å². The number of aliphatic hydroxyl groups is 7. The summed E-state index contributed by atoms with van der Waals surface area (Å²) in [6.45, 7) is -3.18. The predicted octanol–water partition coefficient (Wildman–Crippen LogP) is -6.60. The third-order valence-corrected chi connectivity index (χ3v) is 17.1. The second kappa shape index (κ2) is 38.9. The maximum Gasteiger partial charge on any atom is 0.303 e. The SMILES string of the molecule is CC(=O)N[C@@H](CO)C(=O)N[C@@H](Cc1ccccc1)C(=O)NCC(=O)NCC(=O)N[C@@H](Cc1ccccc1)C(=O)N[C@@H](Cc1c([C@H]2O[C@H](CO)[C@@H](O)[C@H](O)[C@@H]2O)[nH]c2ccccc12)C(=O)N[C@@H](CO)C(=O)N[C@@H](C)C(=O)N[C@@H](Cc1c[nH]c2ccccc12)C(=O)N[C@@H](CO)C(=O)N[C@@H](CCC(=O)O)C(N)=O. The number of carbonyl (C=O) groups is 13. The predicted molar refractivity (Wildman–Crippen MR) is 369 cm³/mol. The smallest absolute Gasteiger partial charge is 0.303 e.